The molecule has 1 amide bonds. The van der Waals surface area contributed by atoms with E-state index in [9.17, 15) is 4.79 Å². The third kappa shape index (κ3) is 3.68. The van der Waals surface area contributed by atoms with E-state index in [4.69, 9.17) is 9.47 Å². The van der Waals surface area contributed by atoms with Crippen LogP contribution in [0.25, 0.3) is 0 Å². The molecule has 0 N–H and O–H groups in total. The fourth-order valence-electron chi connectivity index (χ4n) is 2.27. The van der Waals surface area contributed by atoms with Crippen molar-refractivity contribution in [2.24, 2.45) is 0 Å². The van der Waals surface area contributed by atoms with Crippen LogP contribution in [-0.2, 0) is 9.47 Å². The van der Waals surface area contributed by atoms with Gasteiger partial charge in [0.1, 0.15) is 11.9 Å². The quantitative estimate of drug-likeness (QED) is 0.817. The molecule has 1 aromatic carbocycles. The number of rotatable bonds is 3. The molecule has 2 heterocycles. The van der Waals surface area contributed by atoms with Gasteiger partial charge in [-0.3, -0.25) is 4.90 Å². The molecular weight excluding hydrogens is 292 g/mol. The van der Waals surface area contributed by atoms with E-state index in [0.717, 1.165) is 11.1 Å². The predicted octanol–water partition coefficient (Wildman–Crippen LogP) is 2.45. The van der Waals surface area contributed by atoms with Gasteiger partial charge in [-0.1, -0.05) is 30.0 Å². The molecule has 0 saturated carbocycles. The van der Waals surface area contributed by atoms with Gasteiger partial charge >= 0.3 is 6.09 Å². The van der Waals surface area contributed by atoms with E-state index < -0.39 is 6.09 Å². The second kappa shape index (κ2) is 6.95. The first-order valence-corrected chi connectivity index (χ1v) is 7.26. The van der Waals surface area contributed by atoms with E-state index in [1.807, 2.05) is 36.4 Å². The van der Waals surface area contributed by atoms with E-state index >= 15 is 0 Å². The third-order valence-corrected chi connectivity index (χ3v) is 3.38. The maximum absolute atomic E-state index is 11.8. The Morgan fingerprint density at radius 3 is 2.70 bits per heavy atom. The molecule has 1 aliphatic rings. The van der Waals surface area contributed by atoms with Crippen molar-refractivity contribution in [2.75, 3.05) is 25.2 Å². The minimum atomic E-state index is -0.400. The zero-order chi connectivity index (χ0) is 16.1. The molecule has 23 heavy (non-hydrogen) atoms. The molecule has 1 aromatic heterocycles. The van der Waals surface area contributed by atoms with Gasteiger partial charge in [0.05, 0.1) is 13.2 Å². The molecule has 5 nitrogen and oxygen atoms in total. The molecule has 1 atom stereocenters. The number of ether oxygens (including phenoxy) is 2. The van der Waals surface area contributed by atoms with Gasteiger partial charge < -0.3 is 9.47 Å². The van der Waals surface area contributed by atoms with Crippen molar-refractivity contribution in [3.8, 4) is 11.8 Å². The number of hydrogen-bond donors (Lipinski definition) is 0. The van der Waals surface area contributed by atoms with Crippen LogP contribution in [0.1, 0.15) is 11.1 Å². The Morgan fingerprint density at radius 2 is 2.00 bits per heavy atom. The molecule has 0 spiro atoms. The summed E-state index contributed by atoms with van der Waals surface area (Å²) < 4.78 is 10.2. The highest BCUT2D eigenvalue weighted by molar-refractivity contribution is 5.88. The van der Waals surface area contributed by atoms with Crippen LogP contribution in [0.2, 0.25) is 0 Å². The first-order valence-electron chi connectivity index (χ1n) is 7.26. The zero-order valence-electron chi connectivity index (χ0n) is 12.7. The maximum atomic E-state index is 11.8. The van der Waals surface area contributed by atoms with E-state index in [2.05, 4.69) is 16.8 Å². The summed E-state index contributed by atoms with van der Waals surface area (Å²) in [5, 5.41) is 0. The lowest BCUT2D eigenvalue weighted by molar-refractivity contribution is 0.0718. The van der Waals surface area contributed by atoms with Gasteiger partial charge in [0.15, 0.2) is 0 Å². The smallest absolute Gasteiger partial charge is 0.416 e. The number of anilines is 1. The second-order valence-electron chi connectivity index (χ2n) is 5.09. The highest BCUT2D eigenvalue weighted by Gasteiger charge is 2.32. The number of aromatic nitrogens is 1. The summed E-state index contributed by atoms with van der Waals surface area (Å²) in [6.45, 7) is 0.817. The van der Waals surface area contributed by atoms with Crippen molar-refractivity contribution >= 4 is 11.9 Å². The lowest BCUT2D eigenvalue weighted by Gasteiger charge is -2.11. The summed E-state index contributed by atoms with van der Waals surface area (Å²) in [4.78, 5) is 17.6. The van der Waals surface area contributed by atoms with E-state index in [1.54, 1.807) is 19.4 Å². The van der Waals surface area contributed by atoms with Crippen molar-refractivity contribution in [3.05, 3.63) is 59.8 Å². The molecule has 0 aliphatic carbocycles. The molecule has 0 bridgehead atoms. The lowest BCUT2D eigenvalue weighted by Crippen LogP contribution is -2.26. The fraction of sp³-hybridized carbons (Fsp3) is 0.222. The molecule has 1 unspecified atom stereocenters. The van der Waals surface area contributed by atoms with Crippen LogP contribution in [-0.4, -0.2) is 37.4 Å². The van der Waals surface area contributed by atoms with Gasteiger partial charge in [0, 0.05) is 24.4 Å². The Labute approximate surface area is 134 Å². The van der Waals surface area contributed by atoms with Crippen molar-refractivity contribution in [1.29, 1.82) is 0 Å². The Bertz CT molecular complexity index is 732. The summed E-state index contributed by atoms with van der Waals surface area (Å²) in [6.07, 6.45) is 0.997. The minimum Gasteiger partial charge on any atom is -0.441 e. The summed E-state index contributed by atoms with van der Waals surface area (Å²) in [5.41, 5.74) is 1.74. The van der Waals surface area contributed by atoms with Crippen LogP contribution in [0.3, 0.4) is 0 Å². The Hall–Kier alpha value is -2.84. The standard InChI is InChI=1S/C18H16N2O3/c1-22-13-16-12-20(18(21)23-16)17-10-9-15(11-19-17)8-7-14-5-3-2-4-6-14/h2-6,9-11,16H,12-13H2,1H3. The highest BCUT2D eigenvalue weighted by Crippen LogP contribution is 2.19. The SMILES string of the molecule is COCC1CN(c2ccc(C#Cc3ccccc3)cn2)C(=O)O1. The van der Waals surface area contributed by atoms with Gasteiger partial charge in [0.25, 0.3) is 0 Å². The lowest BCUT2D eigenvalue weighted by atomic mass is 10.2. The maximum Gasteiger partial charge on any atom is 0.416 e. The van der Waals surface area contributed by atoms with E-state index in [1.165, 1.54) is 4.90 Å². The van der Waals surface area contributed by atoms with Crippen molar-refractivity contribution in [3.63, 3.8) is 0 Å². The molecule has 5 heteroatoms. The first kappa shape index (κ1) is 15.1. The van der Waals surface area contributed by atoms with Gasteiger partial charge in [-0.15, -0.1) is 0 Å². The Morgan fingerprint density at radius 1 is 1.22 bits per heavy atom. The molecule has 1 aliphatic heterocycles. The highest BCUT2D eigenvalue weighted by atomic mass is 16.6. The second-order valence-corrected chi connectivity index (χ2v) is 5.09. The number of amides is 1. The molecule has 3 rings (SSSR count). The number of cyclic esters (lactones) is 1. The monoisotopic (exact) mass is 308 g/mol. The fourth-order valence-corrected chi connectivity index (χ4v) is 2.27. The number of nitrogens with zero attached hydrogens (tertiary/aromatic N) is 2. The number of benzene rings is 1. The predicted molar refractivity (Wildman–Crippen MR) is 86.2 cm³/mol. The van der Waals surface area contributed by atoms with Crippen LogP contribution < -0.4 is 4.90 Å². The summed E-state index contributed by atoms with van der Waals surface area (Å²) in [5.74, 6) is 6.68. The molecule has 0 radical (unpaired) electrons. The van der Waals surface area contributed by atoms with Crippen LogP contribution in [0.15, 0.2) is 48.7 Å². The van der Waals surface area contributed by atoms with Crippen molar-refractivity contribution in [1.82, 2.24) is 4.98 Å². The average Bonchev–Trinajstić information content (AvgIpc) is 2.95. The average molecular weight is 308 g/mol. The Balaban J connectivity index is 1.71. The number of hydrogen-bond acceptors (Lipinski definition) is 4. The molecule has 2 aromatic rings. The van der Waals surface area contributed by atoms with Crippen LogP contribution in [0.4, 0.5) is 10.6 Å². The first-order chi connectivity index (χ1) is 11.3. The molecule has 1 saturated heterocycles. The largest absolute Gasteiger partial charge is 0.441 e. The van der Waals surface area contributed by atoms with E-state index in [0.29, 0.717) is 19.0 Å². The van der Waals surface area contributed by atoms with Crippen molar-refractivity contribution in [2.45, 2.75) is 6.10 Å². The normalized spacial score (nSPS) is 16.7. The topological polar surface area (TPSA) is 51.7 Å². The summed E-state index contributed by atoms with van der Waals surface area (Å²) >= 11 is 0. The molecular formula is C18H16N2O3. The van der Waals surface area contributed by atoms with Crippen LogP contribution in [0.5, 0.6) is 0 Å². The van der Waals surface area contributed by atoms with Gasteiger partial charge in [-0.2, -0.15) is 0 Å². The Kier molecular flexibility index (Phi) is 4.55. The van der Waals surface area contributed by atoms with Gasteiger partial charge in [-0.05, 0) is 24.3 Å². The van der Waals surface area contributed by atoms with Crippen molar-refractivity contribution < 1.29 is 14.3 Å². The van der Waals surface area contributed by atoms with Crippen LogP contribution >= 0.6 is 0 Å². The zero-order valence-corrected chi connectivity index (χ0v) is 12.7. The van der Waals surface area contributed by atoms with E-state index in [-0.39, 0.29) is 6.10 Å². The van der Waals surface area contributed by atoms with Gasteiger partial charge in [-0.25, -0.2) is 9.78 Å². The number of methoxy groups -OCH3 is 1. The number of carbonyl (C=O) groups excluding carboxylic acids is 1. The summed E-state index contributed by atoms with van der Waals surface area (Å²) in [7, 11) is 1.58. The van der Waals surface area contributed by atoms with Crippen LogP contribution in [0, 0.1) is 11.8 Å². The number of pyridine rings is 1. The molecule has 116 valence electrons. The van der Waals surface area contributed by atoms with Gasteiger partial charge in [0.2, 0.25) is 0 Å². The number of carbonyl (C=O) groups is 1. The molecule has 1 fully saturated rings. The minimum absolute atomic E-state index is 0.258. The third-order valence-electron chi connectivity index (χ3n) is 3.38. The summed E-state index contributed by atoms with van der Waals surface area (Å²) in [6, 6.07) is 13.4.